The Balaban J connectivity index is 1.58. The molecule has 0 unspecified atom stereocenters. The van der Waals surface area contributed by atoms with E-state index in [9.17, 15) is 4.79 Å². The number of benzene rings is 2. The van der Waals surface area contributed by atoms with E-state index in [1.807, 2.05) is 54.6 Å². The van der Waals surface area contributed by atoms with Gasteiger partial charge in [-0.15, -0.1) is 5.10 Å². The first-order valence-corrected chi connectivity index (χ1v) is 9.80. The summed E-state index contributed by atoms with van der Waals surface area (Å²) in [4.78, 5) is 12.9. The van der Waals surface area contributed by atoms with Crippen LogP contribution in [-0.4, -0.2) is 44.9 Å². The number of hydrogen-bond donors (Lipinski definition) is 1. The number of nitrogens with zero attached hydrogens (tertiary/aromatic N) is 4. The van der Waals surface area contributed by atoms with Gasteiger partial charge >= 0.3 is 0 Å². The summed E-state index contributed by atoms with van der Waals surface area (Å²) < 4.78 is 5.25. The monoisotopic (exact) mass is 393 g/mol. The molecule has 142 valence electrons. The summed E-state index contributed by atoms with van der Waals surface area (Å²) in [5.74, 6) is 0.954. The van der Waals surface area contributed by atoms with Crippen molar-refractivity contribution in [2.24, 2.45) is 5.10 Å². The van der Waals surface area contributed by atoms with Gasteiger partial charge in [0.1, 0.15) is 10.8 Å². The molecule has 1 aliphatic heterocycles. The number of aromatic amines is 1. The Morgan fingerprint density at radius 3 is 2.68 bits per heavy atom. The molecule has 0 radical (unpaired) electrons. The number of aromatic nitrogens is 3. The number of methoxy groups -OCH3 is 1. The van der Waals surface area contributed by atoms with E-state index in [4.69, 9.17) is 4.74 Å². The first kappa shape index (κ1) is 18.2. The van der Waals surface area contributed by atoms with Crippen molar-refractivity contribution in [2.75, 3.05) is 12.9 Å². The van der Waals surface area contributed by atoms with Gasteiger partial charge in [0.15, 0.2) is 0 Å². The average Bonchev–Trinajstić information content (AvgIpc) is 3.43. The molecule has 1 atom stereocenters. The van der Waals surface area contributed by atoms with Gasteiger partial charge in [-0.2, -0.15) is 15.4 Å². The minimum absolute atomic E-state index is 0.0697. The highest BCUT2D eigenvalue weighted by Gasteiger charge is 2.33. The number of amides is 1. The molecule has 1 aromatic heterocycles. The van der Waals surface area contributed by atoms with Crippen molar-refractivity contribution < 1.29 is 9.53 Å². The van der Waals surface area contributed by atoms with Crippen LogP contribution < -0.4 is 4.74 Å². The first-order valence-electron chi connectivity index (χ1n) is 8.82. The maximum atomic E-state index is 12.9. The fourth-order valence-corrected chi connectivity index (χ4v) is 3.73. The number of rotatable bonds is 6. The lowest BCUT2D eigenvalue weighted by Crippen LogP contribution is -2.28. The maximum Gasteiger partial charge on any atom is 0.253 e. The van der Waals surface area contributed by atoms with E-state index in [0.29, 0.717) is 11.4 Å². The smallest absolute Gasteiger partial charge is 0.253 e. The number of hydrogen-bond acceptors (Lipinski definition) is 6. The molecular weight excluding hydrogens is 374 g/mol. The van der Waals surface area contributed by atoms with Crippen LogP contribution in [0.2, 0.25) is 0 Å². The standard InChI is InChI=1S/C20H19N5O2S/c1-27-16-9-7-15(8-10-16)18-11-17(14-5-3-2-4-6-14)23-25(18)20(26)13-28-19-12-21-24-22-19/h2-10,12,18H,11,13H2,1H3,(H,21,22,24)/t18-/m0/s1. The highest BCUT2D eigenvalue weighted by atomic mass is 32.2. The number of ether oxygens (including phenoxy) is 1. The topological polar surface area (TPSA) is 83.5 Å². The zero-order chi connectivity index (χ0) is 19.3. The summed E-state index contributed by atoms with van der Waals surface area (Å²) >= 11 is 1.34. The van der Waals surface area contributed by atoms with Crippen LogP contribution in [0, 0.1) is 0 Å². The van der Waals surface area contributed by atoms with Crippen LogP contribution >= 0.6 is 11.8 Å². The molecule has 1 N–H and O–H groups in total. The molecule has 0 saturated carbocycles. The molecule has 0 spiro atoms. The highest BCUT2D eigenvalue weighted by Crippen LogP contribution is 2.34. The van der Waals surface area contributed by atoms with Gasteiger partial charge in [0.25, 0.3) is 5.91 Å². The van der Waals surface area contributed by atoms with Gasteiger partial charge < -0.3 is 4.74 Å². The van der Waals surface area contributed by atoms with Crippen LogP contribution in [0.5, 0.6) is 5.75 Å². The van der Waals surface area contributed by atoms with Crippen molar-refractivity contribution in [1.29, 1.82) is 0 Å². The fraction of sp³-hybridized carbons (Fsp3) is 0.200. The molecule has 0 aliphatic carbocycles. The summed E-state index contributed by atoms with van der Waals surface area (Å²) in [5.41, 5.74) is 2.96. The van der Waals surface area contributed by atoms with Crippen molar-refractivity contribution in [3.63, 3.8) is 0 Å². The molecule has 3 aromatic rings. The van der Waals surface area contributed by atoms with Crippen LogP contribution in [0.25, 0.3) is 0 Å². The number of carbonyl (C=O) groups is 1. The van der Waals surface area contributed by atoms with Gasteiger partial charge in [0.2, 0.25) is 0 Å². The molecular formula is C20H19N5O2S. The van der Waals surface area contributed by atoms with E-state index >= 15 is 0 Å². The van der Waals surface area contributed by atoms with E-state index in [2.05, 4.69) is 20.5 Å². The third kappa shape index (κ3) is 3.91. The lowest BCUT2D eigenvalue weighted by molar-refractivity contribution is -0.130. The van der Waals surface area contributed by atoms with Gasteiger partial charge in [-0.1, -0.05) is 54.2 Å². The van der Waals surface area contributed by atoms with Gasteiger partial charge in [0.05, 0.1) is 30.8 Å². The number of H-pyrrole nitrogens is 1. The van der Waals surface area contributed by atoms with Crippen molar-refractivity contribution in [2.45, 2.75) is 17.5 Å². The molecule has 2 heterocycles. The number of nitrogens with one attached hydrogen (secondary N) is 1. The van der Waals surface area contributed by atoms with Crippen LogP contribution in [0.4, 0.5) is 0 Å². The van der Waals surface area contributed by atoms with Gasteiger partial charge in [-0.3, -0.25) is 4.79 Å². The minimum atomic E-state index is -0.147. The van der Waals surface area contributed by atoms with Gasteiger partial charge in [-0.05, 0) is 23.3 Å². The summed E-state index contributed by atoms with van der Waals surface area (Å²) in [6.07, 6.45) is 2.26. The van der Waals surface area contributed by atoms with Crippen LogP contribution in [0.15, 0.2) is 70.9 Å². The third-order valence-electron chi connectivity index (χ3n) is 4.51. The Morgan fingerprint density at radius 1 is 1.21 bits per heavy atom. The van der Waals surface area contributed by atoms with Crippen molar-refractivity contribution in [3.8, 4) is 5.75 Å². The van der Waals surface area contributed by atoms with E-state index < -0.39 is 0 Å². The van der Waals surface area contributed by atoms with E-state index in [-0.39, 0.29) is 17.7 Å². The summed E-state index contributed by atoms with van der Waals surface area (Å²) in [5, 5.41) is 17.2. The molecule has 1 aliphatic rings. The predicted octanol–water partition coefficient (Wildman–Crippen LogP) is 3.28. The summed E-state index contributed by atoms with van der Waals surface area (Å²) in [7, 11) is 1.64. The quantitative estimate of drug-likeness (QED) is 0.650. The zero-order valence-electron chi connectivity index (χ0n) is 15.3. The van der Waals surface area contributed by atoms with Crippen LogP contribution in [0.1, 0.15) is 23.6 Å². The van der Waals surface area contributed by atoms with Gasteiger partial charge in [0, 0.05) is 6.42 Å². The Hall–Kier alpha value is -3.13. The van der Waals surface area contributed by atoms with Crippen molar-refractivity contribution in [1.82, 2.24) is 20.4 Å². The summed E-state index contributed by atoms with van der Waals surface area (Å²) in [6.45, 7) is 0. The SMILES string of the molecule is COc1ccc([C@@H]2CC(c3ccccc3)=NN2C(=O)CSc2cn[nH]n2)cc1. The Bertz CT molecular complexity index is 958. The second kappa shape index (κ2) is 8.26. The lowest BCUT2D eigenvalue weighted by atomic mass is 9.98. The van der Waals surface area contributed by atoms with E-state index in [1.54, 1.807) is 18.3 Å². The minimum Gasteiger partial charge on any atom is -0.497 e. The molecule has 0 saturated heterocycles. The Morgan fingerprint density at radius 2 is 2.00 bits per heavy atom. The lowest BCUT2D eigenvalue weighted by Gasteiger charge is -2.22. The molecule has 1 amide bonds. The highest BCUT2D eigenvalue weighted by molar-refractivity contribution is 7.99. The third-order valence-corrected chi connectivity index (χ3v) is 5.39. The van der Waals surface area contributed by atoms with Crippen molar-refractivity contribution in [3.05, 3.63) is 71.9 Å². The average molecular weight is 393 g/mol. The maximum absolute atomic E-state index is 12.9. The van der Waals surface area contributed by atoms with Crippen LogP contribution in [-0.2, 0) is 4.79 Å². The molecule has 28 heavy (non-hydrogen) atoms. The number of hydrazone groups is 1. The molecule has 2 aromatic carbocycles. The largest absolute Gasteiger partial charge is 0.497 e. The van der Waals surface area contributed by atoms with Crippen molar-refractivity contribution >= 4 is 23.4 Å². The van der Waals surface area contributed by atoms with Gasteiger partial charge in [-0.25, -0.2) is 5.01 Å². The Kier molecular flexibility index (Phi) is 5.38. The normalized spacial score (nSPS) is 16.1. The molecule has 4 rings (SSSR count). The van der Waals surface area contributed by atoms with E-state index in [0.717, 1.165) is 22.6 Å². The molecule has 0 fully saturated rings. The second-order valence-electron chi connectivity index (χ2n) is 6.24. The Labute approximate surface area is 166 Å². The summed E-state index contributed by atoms with van der Waals surface area (Å²) in [6, 6.07) is 17.6. The van der Waals surface area contributed by atoms with Crippen LogP contribution in [0.3, 0.4) is 0 Å². The predicted molar refractivity (Wildman–Crippen MR) is 107 cm³/mol. The molecule has 0 bridgehead atoms. The zero-order valence-corrected chi connectivity index (χ0v) is 16.1. The number of carbonyl (C=O) groups excluding carboxylic acids is 1. The molecule has 8 heteroatoms. The fourth-order valence-electron chi connectivity index (χ4n) is 3.09. The van der Waals surface area contributed by atoms with E-state index in [1.165, 1.54) is 11.8 Å². The number of thioether (sulfide) groups is 1. The molecule has 7 nitrogen and oxygen atoms in total. The first-order chi connectivity index (χ1) is 13.7. The second-order valence-corrected chi connectivity index (χ2v) is 7.24.